The maximum atomic E-state index is 12.4. The van der Waals surface area contributed by atoms with Gasteiger partial charge in [-0.05, 0) is 26.8 Å². The van der Waals surface area contributed by atoms with Crippen LogP contribution in [0, 0.1) is 13.8 Å². The molecular formula is C12H19N5O2S2. The summed E-state index contributed by atoms with van der Waals surface area (Å²) in [7, 11) is -3.60. The zero-order valence-electron chi connectivity index (χ0n) is 12.0. The van der Waals surface area contributed by atoms with E-state index in [1.807, 2.05) is 5.38 Å². The van der Waals surface area contributed by atoms with Crippen molar-refractivity contribution in [1.29, 1.82) is 0 Å². The number of sulfonamides is 1. The third-order valence-electron chi connectivity index (χ3n) is 3.08. The zero-order valence-corrected chi connectivity index (χ0v) is 13.7. The number of thiazole rings is 1. The molecule has 2 aromatic heterocycles. The summed E-state index contributed by atoms with van der Waals surface area (Å²) in [5.74, 6) is 0. The van der Waals surface area contributed by atoms with E-state index < -0.39 is 10.0 Å². The lowest BCUT2D eigenvalue weighted by Gasteiger charge is -2.07. The molecule has 0 aromatic carbocycles. The molecule has 116 valence electrons. The van der Waals surface area contributed by atoms with Crippen molar-refractivity contribution in [2.24, 2.45) is 5.73 Å². The van der Waals surface area contributed by atoms with Gasteiger partial charge < -0.3 is 5.73 Å². The van der Waals surface area contributed by atoms with Gasteiger partial charge in [-0.15, -0.1) is 11.3 Å². The van der Waals surface area contributed by atoms with Crippen LogP contribution < -0.4 is 10.5 Å². The summed E-state index contributed by atoms with van der Waals surface area (Å²) in [4.78, 5) is 4.31. The Morgan fingerprint density at radius 3 is 2.81 bits per heavy atom. The third-order valence-corrected chi connectivity index (χ3v) is 5.37. The molecule has 2 aromatic rings. The molecule has 0 atom stereocenters. The number of aryl methyl sites for hydroxylation is 2. The molecule has 0 fully saturated rings. The SMILES string of the molecule is Cc1nn(CCCN)c(C)c1S(=O)(=O)NCc1cscn1. The van der Waals surface area contributed by atoms with Crippen LogP contribution >= 0.6 is 11.3 Å². The van der Waals surface area contributed by atoms with Crippen LogP contribution in [0.15, 0.2) is 15.8 Å². The predicted molar refractivity (Wildman–Crippen MR) is 81.5 cm³/mol. The van der Waals surface area contributed by atoms with Crippen LogP contribution in [0.3, 0.4) is 0 Å². The van der Waals surface area contributed by atoms with Gasteiger partial charge >= 0.3 is 0 Å². The second-order valence-corrected chi connectivity index (χ2v) is 7.09. The zero-order chi connectivity index (χ0) is 15.5. The van der Waals surface area contributed by atoms with Crippen molar-refractivity contribution in [3.8, 4) is 0 Å². The molecular weight excluding hydrogens is 310 g/mol. The lowest BCUT2D eigenvalue weighted by Crippen LogP contribution is -2.24. The number of rotatable bonds is 7. The molecule has 0 radical (unpaired) electrons. The Morgan fingerprint density at radius 1 is 1.43 bits per heavy atom. The lowest BCUT2D eigenvalue weighted by atomic mass is 10.4. The third kappa shape index (κ3) is 3.67. The van der Waals surface area contributed by atoms with E-state index in [1.54, 1.807) is 24.0 Å². The van der Waals surface area contributed by atoms with Crippen molar-refractivity contribution in [1.82, 2.24) is 19.5 Å². The monoisotopic (exact) mass is 329 g/mol. The Labute approximate surface area is 128 Å². The first-order valence-corrected chi connectivity index (χ1v) is 8.99. The van der Waals surface area contributed by atoms with Gasteiger partial charge in [0.1, 0.15) is 4.90 Å². The predicted octanol–water partition coefficient (Wildman–Crippen LogP) is 0.784. The highest BCUT2D eigenvalue weighted by molar-refractivity contribution is 7.89. The molecule has 9 heteroatoms. The minimum absolute atomic E-state index is 0.179. The largest absolute Gasteiger partial charge is 0.330 e. The molecule has 0 aliphatic rings. The number of hydrogen-bond donors (Lipinski definition) is 2. The highest BCUT2D eigenvalue weighted by atomic mass is 32.2. The van der Waals surface area contributed by atoms with Gasteiger partial charge in [0.25, 0.3) is 0 Å². The normalized spacial score (nSPS) is 12.0. The van der Waals surface area contributed by atoms with Crippen LogP contribution in [0.5, 0.6) is 0 Å². The Morgan fingerprint density at radius 2 is 2.19 bits per heavy atom. The maximum Gasteiger partial charge on any atom is 0.244 e. The quantitative estimate of drug-likeness (QED) is 0.781. The van der Waals surface area contributed by atoms with Gasteiger partial charge in [-0.2, -0.15) is 5.10 Å². The van der Waals surface area contributed by atoms with E-state index in [9.17, 15) is 8.42 Å². The Kier molecular flexibility index (Phi) is 5.09. The summed E-state index contributed by atoms with van der Waals surface area (Å²) < 4.78 is 29.1. The first-order valence-electron chi connectivity index (χ1n) is 6.56. The molecule has 3 N–H and O–H groups in total. The fourth-order valence-electron chi connectivity index (χ4n) is 2.09. The van der Waals surface area contributed by atoms with Gasteiger partial charge in [0.15, 0.2) is 0 Å². The van der Waals surface area contributed by atoms with Gasteiger partial charge in [0.05, 0.1) is 29.1 Å². The summed E-state index contributed by atoms with van der Waals surface area (Å²) in [5, 5.41) is 6.10. The number of nitrogens with one attached hydrogen (secondary N) is 1. The van der Waals surface area contributed by atoms with Gasteiger partial charge in [-0.3, -0.25) is 4.68 Å². The van der Waals surface area contributed by atoms with E-state index in [0.717, 1.165) is 6.42 Å². The summed E-state index contributed by atoms with van der Waals surface area (Å²) in [5.41, 5.74) is 8.98. The molecule has 0 aliphatic heterocycles. The van der Waals surface area contributed by atoms with E-state index in [1.165, 1.54) is 11.3 Å². The first kappa shape index (κ1) is 16.1. The van der Waals surface area contributed by atoms with Crippen LogP contribution in [0.2, 0.25) is 0 Å². The summed E-state index contributed by atoms with van der Waals surface area (Å²) in [6.45, 7) is 4.79. The molecule has 0 amide bonds. The Hall–Kier alpha value is -1.29. The molecule has 2 heterocycles. The van der Waals surface area contributed by atoms with E-state index in [2.05, 4.69) is 14.8 Å². The number of hydrogen-bond acceptors (Lipinski definition) is 6. The molecule has 7 nitrogen and oxygen atoms in total. The molecule has 0 saturated heterocycles. The second kappa shape index (κ2) is 6.65. The molecule has 0 bridgehead atoms. The van der Waals surface area contributed by atoms with Crippen LogP contribution in [0.25, 0.3) is 0 Å². The van der Waals surface area contributed by atoms with Gasteiger partial charge in [0, 0.05) is 11.9 Å². The first-order chi connectivity index (χ1) is 9.95. The van der Waals surface area contributed by atoms with Crippen molar-refractivity contribution in [2.45, 2.75) is 38.3 Å². The van der Waals surface area contributed by atoms with Crippen LogP contribution in [0.4, 0.5) is 0 Å². The van der Waals surface area contributed by atoms with Crippen molar-refractivity contribution < 1.29 is 8.42 Å². The Bertz CT molecular complexity index is 692. The van der Waals surface area contributed by atoms with Crippen LogP contribution in [-0.2, 0) is 23.1 Å². The molecule has 21 heavy (non-hydrogen) atoms. The van der Waals surface area contributed by atoms with E-state index in [0.29, 0.717) is 30.2 Å². The van der Waals surface area contributed by atoms with Crippen LogP contribution in [0.1, 0.15) is 23.5 Å². The van der Waals surface area contributed by atoms with Crippen molar-refractivity contribution in [2.75, 3.05) is 6.54 Å². The molecule has 0 saturated carbocycles. The van der Waals surface area contributed by atoms with Crippen LogP contribution in [-0.4, -0.2) is 29.7 Å². The minimum atomic E-state index is -3.60. The summed E-state index contributed by atoms with van der Waals surface area (Å²) in [6, 6.07) is 0. The van der Waals surface area contributed by atoms with Gasteiger partial charge in [-0.1, -0.05) is 0 Å². The topological polar surface area (TPSA) is 103 Å². The fourth-order valence-corrected chi connectivity index (χ4v) is 4.06. The minimum Gasteiger partial charge on any atom is -0.330 e. The number of nitrogens with zero attached hydrogens (tertiary/aromatic N) is 3. The highest BCUT2D eigenvalue weighted by Gasteiger charge is 2.24. The lowest BCUT2D eigenvalue weighted by molar-refractivity contribution is 0.563. The van der Waals surface area contributed by atoms with Gasteiger partial charge in [0.2, 0.25) is 10.0 Å². The van der Waals surface area contributed by atoms with E-state index >= 15 is 0 Å². The summed E-state index contributed by atoms with van der Waals surface area (Å²) in [6.07, 6.45) is 0.758. The standard InChI is InChI=1S/C12H19N5O2S2/c1-9-12(10(2)17(16-9)5-3-4-13)21(18,19)15-6-11-7-20-8-14-11/h7-8,15H,3-6,13H2,1-2H3. The van der Waals surface area contributed by atoms with Crippen molar-refractivity contribution >= 4 is 21.4 Å². The smallest absolute Gasteiger partial charge is 0.244 e. The number of nitrogens with two attached hydrogens (primary N) is 1. The Balaban J connectivity index is 2.21. The molecule has 0 unspecified atom stereocenters. The summed E-state index contributed by atoms with van der Waals surface area (Å²) >= 11 is 1.43. The average molecular weight is 329 g/mol. The highest BCUT2D eigenvalue weighted by Crippen LogP contribution is 2.19. The maximum absolute atomic E-state index is 12.4. The van der Waals surface area contributed by atoms with Crippen molar-refractivity contribution in [3.63, 3.8) is 0 Å². The van der Waals surface area contributed by atoms with Gasteiger partial charge in [-0.25, -0.2) is 18.1 Å². The number of aromatic nitrogens is 3. The molecule has 0 aliphatic carbocycles. The average Bonchev–Trinajstić information content (AvgIpc) is 3.03. The van der Waals surface area contributed by atoms with E-state index in [-0.39, 0.29) is 11.4 Å². The van der Waals surface area contributed by atoms with Crippen molar-refractivity contribution in [3.05, 3.63) is 28.0 Å². The van der Waals surface area contributed by atoms with E-state index in [4.69, 9.17) is 5.73 Å². The molecule has 2 rings (SSSR count). The fraction of sp³-hybridized carbons (Fsp3) is 0.500. The molecule has 0 spiro atoms. The second-order valence-electron chi connectivity index (χ2n) is 4.67.